The van der Waals surface area contributed by atoms with Crippen molar-refractivity contribution >= 4 is 23.7 Å². The Morgan fingerprint density at radius 3 is 2.35 bits per heavy atom. The van der Waals surface area contributed by atoms with Crippen LogP contribution < -0.4 is 15.5 Å². The summed E-state index contributed by atoms with van der Waals surface area (Å²) >= 11 is 0. The number of carbonyl (C=O) groups is 2. The molecule has 0 fully saturated rings. The van der Waals surface area contributed by atoms with Gasteiger partial charge in [0.1, 0.15) is 18.2 Å². The quantitative estimate of drug-likeness (QED) is 0.359. The number of hydrogen-bond donors (Lipinski definition) is 2. The van der Waals surface area contributed by atoms with Crippen LogP contribution in [-0.2, 0) is 16.2 Å². The number of nitrogens with one attached hydrogen (secondary N) is 2. The van der Waals surface area contributed by atoms with Gasteiger partial charge in [-0.2, -0.15) is 5.10 Å². The Labute approximate surface area is 179 Å². The van der Waals surface area contributed by atoms with Crippen LogP contribution in [0.3, 0.4) is 0 Å². The summed E-state index contributed by atoms with van der Waals surface area (Å²) in [4.78, 5) is 24.1. The van der Waals surface area contributed by atoms with Crippen molar-refractivity contribution in [2.45, 2.75) is 20.5 Å². The smallest absolute Gasteiger partial charge is 0.329 e. The van der Waals surface area contributed by atoms with Crippen LogP contribution in [0.25, 0.3) is 0 Å². The number of carbonyl (C=O) groups excluding carboxylic acids is 2. The van der Waals surface area contributed by atoms with Gasteiger partial charge in [-0.3, -0.25) is 9.59 Å². The van der Waals surface area contributed by atoms with E-state index in [1.54, 1.807) is 36.4 Å². The molecule has 3 rings (SSSR count). The van der Waals surface area contributed by atoms with Gasteiger partial charge < -0.3 is 10.1 Å². The lowest BCUT2D eigenvalue weighted by Gasteiger charge is -2.10. The molecule has 0 aliphatic carbocycles. The molecule has 0 saturated carbocycles. The normalized spacial score (nSPS) is 10.7. The number of benzene rings is 3. The highest BCUT2D eigenvalue weighted by Gasteiger charge is 2.15. The van der Waals surface area contributed by atoms with E-state index in [2.05, 4.69) is 15.8 Å². The maximum atomic E-state index is 13.0. The van der Waals surface area contributed by atoms with Crippen LogP contribution in [0.15, 0.2) is 71.8 Å². The molecule has 158 valence electrons. The maximum Gasteiger partial charge on any atom is 0.329 e. The molecule has 0 atom stereocenters. The van der Waals surface area contributed by atoms with Crippen molar-refractivity contribution in [1.82, 2.24) is 5.43 Å². The number of rotatable bonds is 6. The fourth-order valence-electron chi connectivity index (χ4n) is 2.83. The molecule has 0 unspecified atom stereocenters. The molecule has 0 bridgehead atoms. The predicted octanol–water partition coefficient (Wildman–Crippen LogP) is 4.11. The van der Waals surface area contributed by atoms with E-state index in [1.165, 1.54) is 18.3 Å². The molecule has 0 saturated heterocycles. The van der Waals surface area contributed by atoms with E-state index in [9.17, 15) is 14.0 Å². The molecular formula is C24H22FN3O3. The molecular weight excluding hydrogens is 397 g/mol. The first-order valence-electron chi connectivity index (χ1n) is 9.60. The molecule has 2 amide bonds. The standard InChI is InChI=1S/C24H22FN3O3/c1-16-5-3-6-17(2)22(16)27-23(29)24(30)28-26-14-19-7-4-8-21(13-19)31-15-18-9-11-20(25)12-10-18/h3-14H,15H2,1-2H3,(H,27,29)(H,28,30). The van der Waals surface area contributed by atoms with Crippen molar-refractivity contribution < 1.29 is 18.7 Å². The van der Waals surface area contributed by atoms with Crippen LogP contribution in [-0.4, -0.2) is 18.0 Å². The number of para-hydroxylation sites is 1. The first-order chi connectivity index (χ1) is 14.9. The highest BCUT2D eigenvalue weighted by atomic mass is 19.1. The Morgan fingerprint density at radius 2 is 1.65 bits per heavy atom. The molecule has 2 N–H and O–H groups in total. The van der Waals surface area contributed by atoms with Gasteiger partial charge in [-0.15, -0.1) is 0 Å². The highest BCUT2D eigenvalue weighted by molar-refractivity contribution is 6.39. The summed E-state index contributed by atoms with van der Waals surface area (Å²) in [5.41, 5.74) is 6.06. The van der Waals surface area contributed by atoms with Gasteiger partial charge in [-0.25, -0.2) is 9.82 Å². The molecule has 6 nitrogen and oxygen atoms in total. The molecule has 0 spiro atoms. The number of hydrogen-bond acceptors (Lipinski definition) is 4. The summed E-state index contributed by atoms with van der Waals surface area (Å²) in [6.45, 7) is 3.99. The Kier molecular flexibility index (Phi) is 7.11. The third kappa shape index (κ3) is 6.24. The van der Waals surface area contributed by atoms with Crippen molar-refractivity contribution in [1.29, 1.82) is 0 Å². The summed E-state index contributed by atoms with van der Waals surface area (Å²) in [6, 6.07) is 18.7. The van der Waals surface area contributed by atoms with Gasteiger partial charge in [0.2, 0.25) is 0 Å². The van der Waals surface area contributed by atoms with Crippen molar-refractivity contribution in [3.8, 4) is 5.75 Å². The van der Waals surface area contributed by atoms with Gasteiger partial charge in [0.25, 0.3) is 0 Å². The number of amides is 2. The Hall–Kier alpha value is -4.00. The molecule has 31 heavy (non-hydrogen) atoms. The number of hydrazone groups is 1. The second-order valence-electron chi connectivity index (χ2n) is 6.91. The van der Waals surface area contributed by atoms with E-state index in [1.807, 2.05) is 32.0 Å². The lowest BCUT2D eigenvalue weighted by atomic mass is 10.1. The number of anilines is 1. The van der Waals surface area contributed by atoms with E-state index in [0.29, 0.717) is 17.0 Å². The van der Waals surface area contributed by atoms with E-state index in [-0.39, 0.29) is 12.4 Å². The third-order valence-corrected chi connectivity index (χ3v) is 4.48. The minimum Gasteiger partial charge on any atom is -0.489 e. The molecule has 0 aliphatic rings. The van der Waals surface area contributed by atoms with Crippen LogP contribution in [0.1, 0.15) is 22.3 Å². The van der Waals surface area contributed by atoms with Crippen molar-refractivity contribution in [2.24, 2.45) is 5.10 Å². The van der Waals surface area contributed by atoms with Gasteiger partial charge in [-0.1, -0.05) is 42.5 Å². The largest absolute Gasteiger partial charge is 0.489 e. The molecule has 3 aromatic carbocycles. The Balaban J connectivity index is 1.54. The number of ether oxygens (including phenoxy) is 1. The van der Waals surface area contributed by atoms with Crippen molar-refractivity contribution in [2.75, 3.05) is 5.32 Å². The summed E-state index contributed by atoms with van der Waals surface area (Å²) < 4.78 is 18.7. The van der Waals surface area contributed by atoms with Crippen LogP contribution in [0, 0.1) is 19.7 Å². The lowest BCUT2D eigenvalue weighted by molar-refractivity contribution is -0.136. The van der Waals surface area contributed by atoms with Gasteiger partial charge >= 0.3 is 11.8 Å². The van der Waals surface area contributed by atoms with Crippen molar-refractivity contribution in [3.63, 3.8) is 0 Å². The maximum absolute atomic E-state index is 13.0. The summed E-state index contributed by atoms with van der Waals surface area (Å²) in [7, 11) is 0. The average Bonchev–Trinajstić information content (AvgIpc) is 2.76. The monoisotopic (exact) mass is 419 g/mol. The topological polar surface area (TPSA) is 79.8 Å². The fourth-order valence-corrected chi connectivity index (χ4v) is 2.83. The van der Waals surface area contributed by atoms with Crippen LogP contribution in [0.5, 0.6) is 5.75 Å². The van der Waals surface area contributed by atoms with Crippen molar-refractivity contribution in [3.05, 3.63) is 94.8 Å². The predicted molar refractivity (Wildman–Crippen MR) is 117 cm³/mol. The van der Waals surface area contributed by atoms with Gasteiger partial charge in [0.05, 0.1) is 6.21 Å². The zero-order chi connectivity index (χ0) is 22.2. The first-order valence-corrected chi connectivity index (χ1v) is 9.60. The minimum atomic E-state index is -0.873. The van der Waals surface area contributed by atoms with Crippen LogP contribution in [0.2, 0.25) is 0 Å². The van der Waals surface area contributed by atoms with E-state index in [4.69, 9.17) is 4.74 Å². The molecule has 3 aromatic rings. The summed E-state index contributed by atoms with van der Waals surface area (Å²) in [6.07, 6.45) is 1.41. The number of nitrogens with zero attached hydrogens (tertiary/aromatic N) is 1. The van der Waals surface area contributed by atoms with Gasteiger partial charge in [0.15, 0.2) is 0 Å². The molecule has 0 radical (unpaired) electrons. The van der Waals surface area contributed by atoms with Gasteiger partial charge in [0, 0.05) is 5.69 Å². The first kappa shape index (κ1) is 21.7. The zero-order valence-electron chi connectivity index (χ0n) is 17.2. The Morgan fingerprint density at radius 1 is 0.968 bits per heavy atom. The molecule has 0 aliphatic heterocycles. The SMILES string of the molecule is Cc1cccc(C)c1NC(=O)C(=O)NN=Cc1cccc(OCc2ccc(F)cc2)c1. The van der Waals surface area contributed by atoms with E-state index in [0.717, 1.165) is 16.7 Å². The fraction of sp³-hybridized carbons (Fsp3) is 0.125. The van der Waals surface area contributed by atoms with Gasteiger partial charge in [-0.05, 0) is 60.4 Å². The molecule has 7 heteroatoms. The third-order valence-electron chi connectivity index (χ3n) is 4.48. The zero-order valence-corrected chi connectivity index (χ0v) is 17.2. The lowest BCUT2D eigenvalue weighted by Crippen LogP contribution is -2.32. The molecule has 0 heterocycles. The second kappa shape index (κ2) is 10.2. The summed E-state index contributed by atoms with van der Waals surface area (Å²) in [5, 5.41) is 6.44. The van der Waals surface area contributed by atoms with Crippen LogP contribution in [0.4, 0.5) is 10.1 Å². The van der Waals surface area contributed by atoms with E-state index >= 15 is 0 Å². The molecule has 0 aromatic heterocycles. The number of aryl methyl sites for hydroxylation is 2. The minimum absolute atomic E-state index is 0.288. The second-order valence-corrected chi connectivity index (χ2v) is 6.91. The summed E-state index contributed by atoms with van der Waals surface area (Å²) in [5.74, 6) is -1.38. The van der Waals surface area contributed by atoms with E-state index < -0.39 is 11.8 Å². The average molecular weight is 419 g/mol. The van der Waals surface area contributed by atoms with Crippen LogP contribution >= 0.6 is 0 Å². The highest BCUT2D eigenvalue weighted by Crippen LogP contribution is 2.19. The Bertz CT molecular complexity index is 1090. The number of halogens is 1.